The molecular formula is C12H18O. The van der Waals surface area contributed by atoms with E-state index in [-0.39, 0.29) is 0 Å². The highest BCUT2D eigenvalue weighted by molar-refractivity contribution is 5.23. The Kier molecular flexibility index (Phi) is 1.36. The van der Waals surface area contributed by atoms with Crippen molar-refractivity contribution < 1.29 is 5.11 Å². The molecule has 4 rings (SSSR count). The number of aliphatic hydroxyl groups is 1. The Morgan fingerprint density at radius 3 is 2.85 bits per heavy atom. The molecule has 72 valence electrons. The van der Waals surface area contributed by atoms with Gasteiger partial charge in [0.15, 0.2) is 0 Å². The molecule has 0 aliphatic heterocycles. The van der Waals surface area contributed by atoms with Gasteiger partial charge in [-0.15, -0.1) is 0 Å². The van der Waals surface area contributed by atoms with Crippen molar-refractivity contribution in [1.82, 2.24) is 0 Å². The minimum atomic E-state index is -0.426. The third-order valence-electron chi connectivity index (χ3n) is 4.88. The lowest BCUT2D eigenvalue weighted by Crippen LogP contribution is -2.56. The average molecular weight is 178 g/mol. The van der Waals surface area contributed by atoms with E-state index in [1.165, 1.54) is 31.3 Å². The van der Waals surface area contributed by atoms with Crippen molar-refractivity contribution in [2.45, 2.75) is 38.2 Å². The zero-order valence-corrected chi connectivity index (χ0v) is 8.29. The predicted molar refractivity (Wildman–Crippen MR) is 52.2 cm³/mol. The van der Waals surface area contributed by atoms with Gasteiger partial charge in [0.2, 0.25) is 0 Å². The van der Waals surface area contributed by atoms with Gasteiger partial charge >= 0.3 is 0 Å². The smallest absolute Gasteiger partial charge is 0.0713 e. The highest BCUT2D eigenvalue weighted by Gasteiger charge is 2.55. The zero-order valence-electron chi connectivity index (χ0n) is 8.29. The standard InChI is InChI=1S/C12H18O/c1-7-9-3-8-4-10(6-9)12(2,13)11(7)5-8/h8-11,13H,1,3-6H2,2H3. The van der Waals surface area contributed by atoms with Crippen molar-refractivity contribution in [1.29, 1.82) is 0 Å². The van der Waals surface area contributed by atoms with Crippen molar-refractivity contribution in [3.63, 3.8) is 0 Å². The molecule has 0 amide bonds. The molecule has 4 bridgehead atoms. The van der Waals surface area contributed by atoms with Crippen LogP contribution in [0.2, 0.25) is 0 Å². The molecule has 5 atom stereocenters. The first-order chi connectivity index (χ1) is 6.09. The van der Waals surface area contributed by atoms with Gasteiger partial charge in [-0.05, 0) is 50.4 Å². The Bertz CT molecular complexity index is 266. The van der Waals surface area contributed by atoms with Gasteiger partial charge in [0.05, 0.1) is 5.60 Å². The topological polar surface area (TPSA) is 20.2 Å². The van der Waals surface area contributed by atoms with Crippen LogP contribution in [0.3, 0.4) is 0 Å². The van der Waals surface area contributed by atoms with E-state index in [0.29, 0.717) is 11.8 Å². The Morgan fingerprint density at radius 2 is 2.08 bits per heavy atom. The van der Waals surface area contributed by atoms with Gasteiger partial charge in [-0.3, -0.25) is 0 Å². The second-order valence-corrected chi connectivity index (χ2v) is 5.56. The molecule has 5 unspecified atom stereocenters. The van der Waals surface area contributed by atoms with E-state index >= 15 is 0 Å². The van der Waals surface area contributed by atoms with Gasteiger partial charge in [-0.25, -0.2) is 0 Å². The normalized spacial score (nSPS) is 58.8. The number of rotatable bonds is 0. The Balaban J connectivity index is 2.03. The number of hydrogen-bond donors (Lipinski definition) is 1. The fourth-order valence-corrected chi connectivity index (χ4v) is 4.08. The molecule has 0 saturated heterocycles. The molecule has 0 aromatic rings. The van der Waals surface area contributed by atoms with Crippen LogP contribution >= 0.6 is 0 Å². The average Bonchev–Trinajstić information content (AvgIpc) is 2.08. The molecule has 0 heterocycles. The lowest BCUT2D eigenvalue weighted by atomic mass is 9.49. The van der Waals surface area contributed by atoms with Crippen LogP contribution in [0.5, 0.6) is 0 Å². The van der Waals surface area contributed by atoms with Crippen molar-refractivity contribution in [3.8, 4) is 0 Å². The van der Waals surface area contributed by atoms with Crippen molar-refractivity contribution in [2.75, 3.05) is 0 Å². The maximum atomic E-state index is 10.4. The van der Waals surface area contributed by atoms with E-state index in [1.54, 1.807) is 0 Å². The molecule has 0 aromatic heterocycles. The van der Waals surface area contributed by atoms with Crippen LogP contribution in [0.4, 0.5) is 0 Å². The van der Waals surface area contributed by atoms with E-state index in [9.17, 15) is 5.11 Å². The highest BCUT2D eigenvalue weighted by Crippen LogP contribution is 2.59. The summed E-state index contributed by atoms with van der Waals surface area (Å²) in [4.78, 5) is 0. The lowest BCUT2D eigenvalue weighted by Gasteiger charge is -2.58. The Labute approximate surface area is 79.8 Å². The van der Waals surface area contributed by atoms with Crippen molar-refractivity contribution >= 4 is 0 Å². The largest absolute Gasteiger partial charge is 0.389 e. The monoisotopic (exact) mass is 178 g/mol. The third-order valence-corrected chi connectivity index (χ3v) is 4.88. The minimum Gasteiger partial charge on any atom is -0.389 e. The predicted octanol–water partition coefficient (Wildman–Crippen LogP) is 2.36. The van der Waals surface area contributed by atoms with Crippen LogP contribution in [-0.4, -0.2) is 10.7 Å². The van der Waals surface area contributed by atoms with Crippen molar-refractivity contribution in [2.24, 2.45) is 23.7 Å². The van der Waals surface area contributed by atoms with Gasteiger partial charge in [0, 0.05) is 5.92 Å². The zero-order chi connectivity index (χ0) is 9.22. The van der Waals surface area contributed by atoms with Crippen LogP contribution in [0.15, 0.2) is 12.2 Å². The Hall–Kier alpha value is -0.300. The summed E-state index contributed by atoms with van der Waals surface area (Å²) in [5.41, 5.74) is 0.932. The van der Waals surface area contributed by atoms with E-state index in [4.69, 9.17) is 0 Å². The summed E-state index contributed by atoms with van der Waals surface area (Å²) in [5.74, 6) is 2.64. The Morgan fingerprint density at radius 1 is 1.31 bits per heavy atom. The minimum absolute atomic E-state index is 0.420. The summed E-state index contributed by atoms with van der Waals surface area (Å²) in [6.07, 6.45) is 5.05. The van der Waals surface area contributed by atoms with E-state index in [0.717, 1.165) is 11.8 Å². The molecule has 4 aliphatic rings. The van der Waals surface area contributed by atoms with E-state index in [1.807, 2.05) is 6.92 Å². The molecule has 13 heavy (non-hydrogen) atoms. The first-order valence-corrected chi connectivity index (χ1v) is 5.50. The molecule has 0 radical (unpaired) electrons. The van der Waals surface area contributed by atoms with Gasteiger partial charge in [-0.2, -0.15) is 0 Å². The highest BCUT2D eigenvalue weighted by atomic mass is 16.3. The SMILES string of the molecule is C=C1C2CC3CC(C2)C(C)(O)C1C3. The van der Waals surface area contributed by atoms with E-state index in [2.05, 4.69) is 6.58 Å². The molecule has 4 fully saturated rings. The summed E-state index contributed by atoms with van der Waals surface area (Å²) in [7, 11) is 0. The molecule has 1 heteroatoms. The van der Waals surface area contributed by atoms with Gasteiger partial charge in [0.25, 0.3) is 0 Å². The van der Waals surface area contributed by atoms with Crippen LogP contribution in [0.1, 0.15) is 32.6 Å². The first-order valence-electron chi connectivity index (χ1n) is 5.50. The van der Waals surface area contributed by atoms with Crippen LogP contribution in [0.25, 0.3) is 0 Å². The third kappa shape index (κ3) is 0.864. The quantitative estimate of drug-likeness (QED) is 0.565. The molecule has 1 nitrogen and oxygen atoms in total. The van der Waals surface area contributed by atoms with Crippen LogP contribution in [-0.2, 0) is 0 Å². The summed E-state index contributed by atoms with van der Waals surface area (Å²) in [5, 5.41) is 10.4. The van der Waals surface area contributed by atoms with Gasteiger partial charge in [-0.1, -0.05) is 12.2 Å². The summed E-state index contributed by atoms with van der Waals surface area (Å²) in [6, 6.07) is 0. The molecule has 0 aromatic carbocycles. The summed E-state index contributed by atoms with van der Waals surface area (Å²) < 4.78 is 0. The maximum absolute atomic E-state index is 10.4. The number of hydrogen-bond acceptors (Lipinski definition) is 1. The fraction of sp³-hybridized carbons (Fsp3) is 0.833. The van der Waals surface area contributed by atoms with Crippen LogP contribution in [0, 0.1) is 23.7 Å². The molecule has 4 saturated carbocycles. The van der Waals surface area contributed by atoms with Gasteiger partial charge < -0.3 is 5.11 Å². The first kappa shape index (κ1) is 8.05. The molecule has 1 N–H and O–H groups in total. The van der Waals surface area contributed by atoms with Crippen molar-refractivity contribution in [3.05, 3.63) is 12.2 Å². The van der Waals surface area contributed by atoms with Gasteiger partial charge in [0.1, 0.15) is 0 Å². The second kappa shape index (κ2) is 2.20. The fourth-order valence-electron chi connectivity index (χ4n) is 4.08. The molecular weight excluding hydrogens is 160 g/mol. The molecule has 4 aliphatic carbocycles. The summed E-state index contributed by atoms with van der Waals surface area (Å²) in [6.45, 7) is 6.22. The van der Waals surface area contributed by atoms with E-state index < -0.39 is 5.60 Å². The van der Waals surface area contributed by atoms with Crippen LogP contribution < -0.4 is 0 Å². The molecule has 0 spiro atoms. The summed E-state index contributed by atoms with van der Waals surface area (Å²) >= 11 is 0. The maximum Gasteiger partial charge on any atom is 0.0713 e. The lowest BCUT2D eigenvalue weighted by molar-refractivity contribution is -0.132. The second-order valence-electron chi connectivity index (χ2n) is 5.56.